The monoisotopic (exact) mass is 303 g/mol. The van der Waals surface area contributed by atoms with Gasteiger partial charge in [0.1, 0.15) is 12.0 Å². The van der Waals surface area contributed by atoms with Crippen LogP contribution in [0.2, 0.25) is 0 Å². The number of aliphatic hydroxyl groups is 1. The highest BCUT2D eigenvalue weighted by atomic mass is 79.9. The number of hydrogen-bond acceptors (Lipinski definition) is 5. The van der Waals surface area contributed by atoms with Crippen molar-refractivity contribution in [1.29, 1.82) is 0 Å². The Hall–Kier alpha value is -1.21. The number of likely N-dealkylation sites (N-methyl/N-ethyl adjacent to an activating group) is 1. The molecule has 0 saturated carbocycles. The molecule has 1 aromatic rings. The Bertz CT molecular complexity index is 426. The Morgan fingerprint density at radius 3 is 2.76 bits per heavy atom. The summed E-state index contributed by atoms with van der Waals surface area (Å²) in [5.41, 5.74) is 0.525. The van der Waals surface area contributed by atoms with E-state index in [1.165, 1.54) is 6.20 Å². The van der Waals surface area contributed by atoms with Gasteiger partial charge in [-0.25, -0.2) is 4.98 Å². The average Bonchev–Trinajstić information content (AvgIpc) is 2.29. The molecule has 1 N–H and O–H groups in total. The van der Waals surface area contributed by atoms with Gasteiger partial charge in [-0.15, -0.1) is 0 Å². The maximum Gasteiger partial charge on any atom is 0.291 e. The Balaban J connectivity index is 3.19. The van der Waals surface area contributed by atoms with E-state index in [9.17, 15) is 10.1 Å². The van der Waals surface area contributed by atoms with Gasteiger partial charge in [-0.3, -0.25) is 10.1 Å². The van der Waals surface area contributed by atoms with Crippen molar-refractivity contribution in [3.8, 4) is 0 Å². The third kappa shape index (κ3) is 2.92. The lowest BCUT2D eigenvalue weighted by atomic mass is 10.2. The molecule has 94 valence electrons. The third-order valence-electron chi connectivity index (χ3n) is 2.47. The highest BCUT2D eigenvalue weighted by molar-refractivity contribution is 9.10. The van der Waals surface area contributed by atoms with Crippen LogP contribution < -0.4 is 4.90 Å². The van der Waals surface area contributed by atoms with Crippen LogP contribution in [0.1, 0.15) is 12.5 Å². The molecule has 6 nitrogen and oxygen atoms in total. The van der Waals surface area contributed by atoms with Crippen LogP contribution >= 0.6 is 15.9 Å². The molecule has 7 heteroatoms. The van der Waals surface area contributed by atoms with E-state index in [4.69, 9.17) is 5.11 Å². The van der Waals surface area contributed by atoms with E-state index in [1.807, 2.05) is 11.8 Å². The van der Waals surface area contributed by atoms with E-state index in [0.29, 0.717) is 28.9 Å². The molecule has 1 rings (SSSR count). The number of pyridine rings is 1. The van der Waals surface area contributed by atoms with Crippen molar-refractivity contribution in [2.24, 2.45) is 0 Å². The van der Waals surface area contributed by atoms with Crippen molar-refractivity contribution in [1.82, 2.24) is 4.98 Å². The summed E-state index contributed by atoms with van der Waals surface area (Å²) in [5.74, 6) is 0.615. The molecular weight excluding hydrogens is 290 g/mol. The first kappa shape index (κ1) is 13.9. The maximum absolute atomic E-state index is 10.7. The lowest BCUT2D eigenvalue weighted by molar-refractivity contribution is -0.385. The SMILES string of the molecule is CCN(CCO)c1ncc([N+](=O)[O-])c(C)c1Br. The summed E-state index contributed by atoms with van der Waals surface area (Å²) in [5, 5.41) is 19.7. The van der Waals surface area contributed by atoms with Gasteiger partial charge in [0.2, 0.25) is 0 Å². The van der Waals surface area contributed by atoms with Crippen LogP contribution in [-0.2, 0) is 0 Å². The largest absolute Gasteiger partial charge is 0.395 e. The Morgan fingerprint density at radius 2 is 2.29 bits per heavy atom. The topological polar surface area (TPSA) is 79.5 Å². The van der Waals surface area contributed by atoms with Crippen molar-refractivity contribution in [2.45, 2.75) is 13.8 Å². The molecule has 0 atom stereocenters. The number of nitrogens with zero attached hydrogens (tertiary/aromatic N) is 3. The van der Waals surface area contributed by atoms with Gasteiger partial charge in [0.25, 0.3) is 5.69 Å². The number of rotatable bonds is 5. The first-order valence-electron chi connectivity index (χ1n) is 5.18. The van der Waals surface area contributed by atoms with E-state index >= 15 is 0 Å². The van der Waals surface area contributed by atoms with Gasteiger partial charge in [-0.1, -0.05) is 0 Å². The van der Waals surface area contributed by atoms with Crippen LogP contribution in [0, 0.1) is 17.0 Å². The third-order valence-corrected chi connectivity index (χ3v) is 3.42. The second-order valence-corrected chi connectivity index (χ2v) is 4.26. The van der Waals surface area contributed by atoms with Crippen molar-refractivity contribution in [3.63, 3.8) is 0 Å². The van der Waals surface area contributed by atoms with Gasteiger partial charge in [0, 0.05) is 18.7 Å². The number of halogens is 1. The van der Waals surface area contributed by atoms with Crippen molar-refractivity contribution in [2.75, 3.05) is 24.6 Å². The van der Waals surface area contributed by atoms with E-state index in [0.717, 1.165) is 0 Å². The highest BCUT2D eigenvalue weighted by Crippen LogP contribution is 2.32. The van der Waals surface area contributed by atoms with Crippen LogP contribution in [-0.4, -0.2) is 34.7 Å². The van der Waals surface area contributed by atoms with Gasteiger partial charge < -0.3 is 10.0 Å². The van der Waals surface area contributed by atoms with Gasteiger partial charge in [-0.2, -0.15) is 0 Å². The van der Waals surface area contributed by atoms with Crippen LogP contribution in [0.25, 0.3) is 0 Å². The molecule has 1 aromatic heterocycles. The Kier molecular flexibility index (Phi) is 4.83. The van der Waals surface area contributed by atoms with Gasteiger partial charge >= 0.3 is 0 Å². The zero-order valence-corrected chi connectivity index (χ0v) is 11.3. The summed E-state index contributed by atoms with van der Waals surface area (Å²) >= 11 is 3.32. The molecule has 0 aliphatic heterocycles. The summed E-state index contributed by atoms with van der Waals surface area (Å²) in [7, 11) is 0. The van der Waals surface area contributed by atoms with E-state index < -0.39 is 4.92 Å². The van der Waals surface area contributed by atoms with Crippen molar-refractivity contribution in [3.05, 3.63) is 26.3 Å². The molecule has 0 aliphatic carbocycles. The molecular formula is C10H14BrN3O3. The number of aliphatic hydroxyl groups excluding tert-OH is 1. The molecule has 0 bridgehead atoms. The standard InChI is InChI=1S/C10H14BrN3O3/c1-3-13(4-5-15)10-9(11)7(2)8(6-12-10)14(16)17/h6,15H,3-5H2,1-2H3. The summed E-state index contributed by atoms with van der Waals surface area (Å²) in [6, 6.07) is 0. The molecule has 0 aromatic carbocycles. The van der Waals surface area contributed by atoms with Crippen LogP contribution in [0.15, 0.2) is 10.7 Å². The summed E-state index contributed by atoms with van der Waals surface area (Å²) in [6.07, 6.45) is 1.25. The molecule has 0 saturated heterocycles. The second-order valence-electron chi connectivity index (χ2n) is 3.47. The van der Waals surface area contributed by atoms with Crippen LogP contribution in [0.5, 0.6) is 0 Å². The normalized spacial score (nSPS) is 10.4. The minimum Gasteiger partial charge on any atom is -0.395 e. The fraction of sp³-hybridized carbons (Fsp3) is 0.500. The van der Waals surface area contributed by atoms with Crippen LogP contribution in [0.3, 0.4) is 0 Å². The van der Waals surface area contributed by atoms with Crippen molar-refractivity contribution < 1.29 is 10.0 Å². The molecule has 17 heavy (non-hydrogen) atoms. The first-order chi connectivity index (χ1) is 8.02. The highest BCUT2D eigenvalue weighted by Gasteiger charge is 2.19. The molecule has 0 aliphatic rings. The zero-order valence-electron chi connectivity index (χ0n) is 9.68. The van der Waals surface area contributed by atoms with Gasteiger partial charge in [0.15, 0.2) is 0 Å². The lowest BCUT2D eigenvalue weighted by Crippen LogP contribution is -2.27. The fourth-order valence-corrected chi connectivity index (χ4v) is 2.05. The Labute approximate surface area is 108 Å². The number of aromatic nitrogens is 1. The molecule has 0 unspecified atom stereocenters. The quantitative estimate of drug-likeness (QED) is 0.663. The molecule has 0 amide bonds. The van der Waals surface area contributed by atoms with Gasteiger partial charge in [0.05, 0.1) is 16.0 Å². The molecule has 1 heterocycles. The fourth-order valence-electron chi connectivity index (χ4n) is 1.49. The van der Waals surface area contributed by atoms with E-state index in [-0.39, 0.29) is 12.3 Å². The minimum absolute atomic E-state index is 0.0119. The summed E-state index contributed by atoms with van der Waals surface area (Å²) in [6.45, 7) is 4.72. The van der Waals surface area contributed by atoms with Crippen LogP contribution in [0.4, 0.5) is 11.5 Å². The molecule has 0 fully saturated rings. The molecule has 0 radical (unpaired) electrons. The summed E-state index contributed by atoms with van der Waals surface area (Å²) in [4.78, 5) is 16.2. The average molecular weight is 304 g/mol. The second kappa shape index (κ2) is 5.92. The number of hydrogen-bond donors (Lipinski definition) is 1. The first-order valence-corrected chi connectivity index (χ1v) is 5.97. The minimum atomic E-state index is -0.459. The predicted octanol–water partition coefficient (Wildman–Crippen LogP) is 1.88. The maximum atomic E-state index is 10.7. The lowest BCUT2D eigenvalue weighted by Gasteiger charge is -2.22. The number of nitro groups is 1. The molecule has 0 spiro atoms. The smallest absolute Gasteiger partial charge is 0.291 e. The van der Waals surface area contributed by atoms with E-state index in [1.54, 1.807) is 6.92 Å². The number of anilines is 1. The summed E-state index contributed by atoms with van der Waals surface area (Å²) < 4.78 is 0.599. The predicted molar refractivity (Wildman–Crippen MR) is 68.3 cm³/mol. The van der Waals surface area contributed by atoms with Gasteiger partial charge in [-0.05, 0) is 29.8 Å². The van der Waals surface area contributed by atoms with Crippen molar-refractivity contribution >= 4 is 27.4 Å². The zero-order chi connectivity index (χ0) is 13.0. The Morgan fingerprint density at radius 1 is 1.65 bits per heavy atom. The van der Waals surface area contributed by atoms with E-state index in [2.05, 4.69) is 20.9 Å².